The van der Waals surface area contributed by atoms with Gasteiger partial charge < -0.3 is 9.67 Å². The summed E-state index contributed by atoms with van der Waals surface area (Å²) in [5.41, 5.74) is 0.331. The molecule has 3 aromatic rings. The smallest absolute Gasteiger partial charge is 0.417 e. The van der Waals surface area contributed by atoms with Crippen molar-refractivity contribution in [2.75, 3.05) is 0 Å². The number of benzene rings is 2. The zero-order valence-electron chi connectivity index (χ0n) is 12.1. The molecular weight excluding hydrogens is 307 g/mol. The summed E-state index contributed by atoms with van der Waals surface area (Å²) in [5.74, 6) is -1.11. The molecule has 1 N–H and O–H groups in total. The Bertz CT molecular complexity index is 910. The van der Waals surface area contributed by atoms with Crippen molar-refractivity contribution in [1.29, 1.82) is 0 Å². The molecule has 6 heteroatoms. The first-order valence-corrected chi connectivity index (χ1v) is 6.78. The molecule has 0 unspecified atom stereocenters. The van der Waals surface area contributed by atoms with Crippen molar-refractivity contribution >= 4 is 16.9 Å². The number of carboxylic acid groups (broad SMARTS) is 1. The van der Waals surface area contributed by atoms with Gasteiger partial charge in [-0.1, -0.05) is 24.3 Å². The number of alkyl halides is 3. The number of nitrogens with zero attached hydrogens (tertiary/aromatic N) is 1. The number of rotatable bonds is 2. The first-order chi connectivity index (χ1) is 10.8. The molecule has 0 saturated carbocycles. The third kappa shape index (κ3) is 2.56. The molecule has 0 aliphatic rings. The first kappa shape index (κ1) is 15.1. The highest BCUT2D eigenvalue weighted by atomic mass is 19.4. The van der Waals surface area contributed by atoms with Gasteiger partial charge in [-0.3, -0.25) is 0 Å². The second kappa shape index (κ2) is 5.15. The summed E-state index contributed by atoms with van der Waals surface area (Å²) in [7, 11) is 1.69. The number of fused-ring (bicyclic) bond motifs is 1. The third-order valence-electron chi connectivity index (χ3n) is 3.76. The van der Waals surface area contributed by atoms with E-state index in [0.29, 0.717) is 16.5 Å². The van der Waals surface area contributed by atoms with Crippen molar-refractivity contribution in [3.05, 3.63) is 59.8 Å². The Labute approximate surface area is 129 Å². The van der Waals surface area contributed by atoms with E-state index in [1.54, 1.807) is 23.7 Å². The van der Waals surface area contributed by atoms with Gasteiger partial charge in [-0.2, -0.15) is 13.2 Å². The van der Waals surface area contributed by atoms with E-state index >= 15 is 0 Å². The number of aryl methyl sites for hydroxylation is 1. The maximum atomic E-state index is 13.2. The van der Waals surface area contributed by atoms with Crippen molar-refractivity contribution in [3.63, 3.8) is 0 Å². The van der Waals surface area contributed by atoms with Gasteiger partial charge in [0.1, 0.15) is 0 Å². The van der Waals surface area contributed by atoms with Crippen LogP contribution in [0.4, 0.5) is 13.2 Å². The van der Waals surface area contributed by atoms with Gasteiger partial charge in [0.15, 0.2) is 0 Å². The van der Waals surface area contributed by atoms with E-state index in [-0.39, 0.29) is 11.1 Å². The number of aromatic carboxylic acids is 1. The average Bonchev–Trinajstić information content (AvgIpc) is 2.83. The van der Waals surface area contributed by atoms with Crippen molar-refractivity contribution in [2.45, 2.75) is 6.18 Å². The van der Waals surface area contributed by atoms with E-state index in [9.17, 15) is 23.1 Å². The lowest BCUT2D eigenvalue weighted by molar-refractivity contribution is -0.137. The van der Waals surface area contributed by atoms with Gasteiger partial charge >= 0.3 is 12.1 Å². The van der Waals surface area contributed by atoms with Crippen LogP contribution >= 0.6 is 0 Å². The Morgan fingerprint density at radius 3 is 2.48 bits per heavy atom. The molecule has 0 radical (unpaired) electrons. The van der Waals surface area contributed by atoms with Crippen LogP contribution in [0.15, 0.2) is 48.7 Å². The number of aromatic nitrogens is 1. The van der Waals surface area contributed by atoms with Crippen molar-refractivity contribution < 1.29 is 23.1 Å². The lowest BCUT2D eigenvalue weighted by Crippen LogP contribution is -2.06. The van der Waals surface area contributed by atoms with E-state index in [2.05, 4.69) is 0 Å². The molecule has 0 aliphatic carbocycles. The highest BCUT2D eigenvalue weighted by Crippen LogP contribution is 2.38. The van der Waals surface area contributed by atoms with Crippen LogP contribution in [-0.4, -0.2) is 15.6 Å². The van der Waals surface area contributed by atoms with Crippen LogP contribution in [0.25, 0.3) is 22.0 Å². The minimum absolute atomic E-state index is 0.0297. The Hall–Kier alpha value is -2.76. The number of hydrogen-bond donors (Lipinski definition) is 1. The highest BCUT2D eigenvalue weighted by molar-refractivity contribution is 6.04. The molecule has 3 nitrogen and oxygen atoms in total. The fraction of sp³-hybridized carbons (Fsp3) is 0.118. The summed E-state index contributed by atoms with van der Waals surface area (Å²) in [6, 6.07) is 9.94. The Morgan fingerprint density at radius 1 is 1.13 bits per heavy atom. The maximum absolute atomic E-state index is 13.2. The number of hydrogen-bond acceptors (Lipinski definition) is 1. The number of carbonyl (C=O) groups is 1. The van der Waals surface area contributed by atoms with Gasteiger partial charge in [0, 0.05) is 24.1 Å². The van der Waals surface area contributed by atoms with E-state index in [1.807, 2.05) is 0 Å². The molecule has 0 amide bonds. The van der Waals surface area contributed by atoms with Gasteiger partial charge in [-0.25, -0.2) is 4.79 Å². The normalized spacial score (nSPS) is 11.8. The molecule has 0 aliphatic heterocycles. The molecule has 0 atom stereocenters. The van der Waals surface area contributed by atoms with E-state index in [1.165, 1.54) is 30.5 Å². The second-order valence-electron chi connectivity index (χ2n) is 5.23. The minimum Gasteiger partial charge on any atom is -0.478 e. The molecule has 0 saturated heterocycles. The average molecular weight is 319 g/mol. The summed E-state index contributed by atoms with van der Waals surface area (Å²) < 4.78 is 41.1. The number of halogens is 3. The topological polar surface area (TPSA) is 42.2 Å². The molecule has 0 fully saturated rings. The predicted octanol–water partition coefficient (Wildman–Crippen LogP) is 4.56. The van der Waals surface area contributed by atoms with Gasteiger partial charge in [0.25, 0.3) is 0 Å². The lowest BCUT2D eigenvalue weighted by Gasteiger charge is -2.13. The molecular formula is C17H12F3NO2. The Morgan fingerprint density at radius 2 is 1.83 bits per heavy atom. The summed E-state index contributed by atoms with van der Waals surface area (Å²) in [6.07, 6.45) is -3.02. The SMILES string of the molecule is Cn1cc(C(=O)O)c2cc(-c3ccccc3C(F)(F)F)ccc21. The van der Waals surface area contributed by atoms with Crippen molar-refractivity contribution in [2.24, 2.45) is 7.05 Å². The Kier molecular flexibility index (Phi) is 3.39. The standard InChI is InChI=1S/C17H12F3NO2/c1-21-9-13(16(22)23)12-8-10(6-7-15(12)21)11-4-2-3-5-14(11)17(18,19)20/h2-9H,1H3,(H,22,23). The molecule has 0 bridgehead atoms. The fourth-order valence-electron chi connectivity index (χ4n) is 2.71. The van der Waals surface area contributed by atoms with Crippen LogP contribution < -0.4 is 0 Å². The molecule has 1 aromatic heterocycles. The summed E-state index contributed by atoms with van der Waals surface area (Å²) in [5, 5.41) is 9.66. The fourth-order valence-corrected chi connectivity index (χ4v) is 2.71. The van der Waals surface area contributed by atoms with Gasteiger partial charge in [0.05, 0.1) is 11.1 Å². The molecule has 2 aromatic carbocycles. The third-order valence-corrected chi connectivity index (χ3v) is 3.76. The zero-order chi connectivity index (χ0) is 16.8. The summed E-state index contributed by atoms with van der Waals surface area (Å²) >= 11 is 0. The monoisotopic (exact) mass is 319 g/mol. The number of carboxylic acids is 1. The zero-order valence-corrected chi connectivity index (χ0v) is 12.1. The van der Waals surface area contributed by atoms with Crippen LogP contribution in [-0.2, 0) is 13.2 Å². The van der Waals surface area contributed by atoms with Crippen LogP contribution in [0.5, 0.6) is 0 Å². The quantitative estimate of drug-likeness (QED) is 0.752. The van der Waals surface area contributed by atoms with Gasteiger partial charge in [-0.15, -0.1) is 0 Å². The second-order valence-corrected chi connectivity index (χ2v) is 5.23. The molecule has 23 heavy (non-hydrogen) atoms. The first-order valence-electron chi connectivity index (χ1n) is 6.78. The van der Waals surface area contributed by atoms with Crippen molar-refractivity contribution in [1.82, 2.24) is 4.57 Å². The predicted molar refractivity (Wildman–Crippen MR) is 80.3 cm³/mol. The van der Waals surface area contributed by atoms with Crippen LogP contribution in [0.2, 0.25) is 0 Å². The van der Waals surface area contributed by atoms with Crippen LogP contribution in [0, 0.1) is 0 Å². The van der Waals surface area contributed by atoms with Crippen molar-refractivity contribution in [3.8, 4) is 11.1 Å². The van der Waals surface area contributed by atoms with Crippen LogP contribution in [0.3, 0.4) is 0 Å². The van der Waals surface area contributed by atoms with Crippen LogP contribution in [0.1, 0.15) is 15.9 Å². The van der Waals surface area contributed by atoms with E-state index in [4.69, 9.17) is 0 Å². The lowest BCUT2D eigenvalue weighted by atomic mass is 9.97. The Balaban J connectivity index is 2.27. The van der Waals surface area contributed by atoms with Gasteiger partial charge in [0.2, 0.25) is 0 Å². The van der Waals surface area contributed by atoms with Gasteiger partial charge in [-0.05, 0) is 29.3 Å². The minimum atomic E-state index is -4.47. The summed E-state index contributed by atoms with van der Waals surface area (Å²) in [6.45, 7) is 0. The maximum Gasteiger partial charge on any atom is 0.417 e. The summed E-state index contributed by atoms with van der Waals surface area (Å²) in [4.78, 5) is 11.3. The molecule has 3 rings (SSSR count). The van der Waals surface area contributed by atoms with E-state index < -0.39 is 17.7 Å². The highest BCUT2D eigenvalue weighted by Gasteiger charge is 2.33. The molecule has 1 heterocycles. The van der Waals surface area contributed by atoms with E-state index in [0.717, 1.165) is 6.07 Å². The molecule has 0 spiro atoms. The molecule has 118 valence electrons. The largest absolute Gasteiger partial charge is 0.478 e.